The fraction of sp³-hybridized carbons (Fsp3) is 0.267. The molecule has 0 radical (unpaired) electrons. The highest BCUT2D eigenvalue weighted by Gasteiger charge is 2.19. The van der Waals surface area contributed by atoms with Crippen molar-refractivity contribution in [2.45, 2.75) is 18.7 Å². The van der Waals surface area contributed by atoms with Crippen molar-refractivity contribution < 1.29 is 0 Å². The zero-order valence-electron chi connectivity index (χ0n) is 10.4. The molecule has 0 spiro atoms. The number of nitrogens with zero attached hydrogens (tertiary/aromatic N) is 1. The number of aromatic nitrogens is 1. The van der Waals surface area contributed by atoms with Gasteiger partial charge in [-0.05, 0) is 30.2 Å². The Morgan fingerprint density at radius 2 is 2.11 bits per heavy atom. The molecule has 0 fully saturated rings. The first-order valence-electron chi connectivity index (χ1n) is 6.18. The van der Waals surface area contributed by atoms with Gasteiger partial charge in [0.05, 0.1) is 17.9 Å². The van der Waals surface area contributed by atoms with Crippen molar-refractivity contribution in [1.82, 2.24) is 4.98 Å². The molecule has 1 aromatic heterocycles. The molecular weight excluding hydrogens is 240 g/mol. The highest BCUT2D eigenvalue weighted by atomic mass is 32.2. The van der Waals surface area contributed by atoms with Gasteiger partial charge in [0, 0.05) is 17.2 Å². The summed E-state index contributed by atoms with van der Waals surface area (Å²) in [6, 6.07) is 13.2. The summed E-state index contributed by atoms with van der Waals surface area (Å²) in [5, 5.41) is 3.58. The van der Waals surface area contributed by atoms with E-state index in [1.807, 2.05) is 30.9 Å². The number of hydrogen-bond donors (Lipinski definition) is 1. The second-order valence-electron chi connectivity index (χ2n) is 4.60. The van der Waals surface area contributed by atoms with Crippen molar-refractivity contribution in [3.63, 3.8) is 0 Å². The summed E-state index contributed by atoms with van der Waals surface area (Å²) >= 11 is 1.99. The van der Waals surface area contributed by atoms with Gasteiger partial charge in [-0.2, -0.15) is 11.8 Å². The largest absolute Gasteiger partial charge is 0.376 e. The predicted octanol–water partition coefficient (Wildman–Crippen LogP) is 3.79. The van der Waals surface area contributed by atoms with Crippen molar-refractivity contribution in [3.8, 4) is 0 Å². The standard InChI is InChI=1S/C15H16N2S/c1-11-6-7-13(8-16-11)17-15-10-18-9-12-4-2-3-5-14(12)15/h2-8,15,17H,9-10H2,1H3. The lowest BCUT2D eigenvalue weighted by molar-refractivity contribution is 0.869. The highest BCUT2D eigenvalue weighted by molar-refractivity contribution is 7.98. The van der Waals surface area contributed by atoms with Gasteiger partial charge in [0.25, 0.3) is 0 Å². The fourth-order valence-corrected chi connectivity index (χ4v) is 3.36. The van der Waals surface area contributed by atoms with E-state index in [9.17, 15) is 0 Å². The van der Waals surface area contributed by atoms with Crippen LogP contribution >= 0.6 is 11.8 Å². The zero-order valence-corrected chi connectivity index (χ0v) is 11.2. The summed E-state index contributed by atoms with van der Waals surface area (Å²) in [5.74, 6) is 2.24. The van der Waals surface area contributed by atoms with Crippen molar-refractivity contribution >= 4 is 17.4 Å². The smallest absolute Gasteiger partial charge is 0.0607 e. The number of thioether (sulfide) groups is 1. The molecule has 3 heteroatoms. The molecule has 1 N–H and O–H groups in total. The average molecular weight is 256 g/mol. The summed E-state index contributed by atoms with van der Waals surface area (Å²) < 4.78 is 0. The maximum Gasteiger partial charge on any atom is 0.0607 e. The maximum absolute atomic E-state index is 4.33. The van der Waals surface area contributed by atoms with Gasteiger partial charge < -0.3 is 5.32 Å². The molecule has 2 heterocycles. The molecule has 1 unspecified atom stereocenters. The minimum atomic E-state index is 0.393. The van der Waals surface area contributed by atoms with E-state index in [0.717, 1.165) is 22.9 Å². The lowest BCUT2D eigenvalue weighted by Gasteiger charge is -2.26. The number of anilines is 1. The molecule has 0 amide bonds. The third-order valence-corrected chi connectivity index (χ3v) is 4.31. The van der Waals surface area contributed by atoms with E-state index >= 15 is 0 Å². The Balaban J connectivity index is 1.84. The Labute approximate surface area is 112 Å². The molecule has 0 aliphatic carbocycles. The fourth-order valence-electron chi connectivity index (χ4n) is 2.26. The Morgan fingerprint density at radius 1 is 1.22 bits per heavy atom. The third kappa shape index (κ3) is 2.36. The van der Waals surface area contributed by atoms with Gasteiger partial charge in [0.15, 0.2) is 0 Å². The molecule has 1 atom stereocenters. The van der Waals surface area contributed by atoms with Crippen molar-refractivity contribution in [1.29, 1.82) is 0 Å². The molecule has 0 saturated heterocycles. The molecule has 1 aliphatic rings. The number of benzene rings is 1. The van der Waals surface area contributed by atoms with E-state index in [2.05, 4.69) is 40.6 Å². The second-order valence-corrected chi connectivity index (χ2v) is 5.63. The molecule has 1 aliphatic heterocycles. The van der Waals surface area contributed by atoms with Crippen LogP contribution in [0.15, 0.2) is 42.6 Å². The average Bonchev–Trinajstić information content (AvgIpc) is 2.42. The first kappa shape index (κ1) is 11.6. The summed E-state index contributed by atoms with van der Waals surface area (Å²) in [7, 11) is 0. The summed E-state index contributed by atoms with van der Waals surface area (Å²) in [6.45, 7) is 2.01. The number of aryl methyl sites for hydroxylation is 1. The number of pyridine rings is 1. The monoisotopic (exact) mass is 256 g/mol. The van der Waals surface area contributed by atoms with E-state index < -0.39 is 0 Å². The minimum Gasteiger partial charge on any atom is -0.376 e. The number of nitrogens with one attached hydrogen (secondary N) is 1. The molecule has 1 aromatic carbocycles. The van der Waals surface area contributed by atoms with Crippen LogP contribution < -0.4 is 5.32 Å². The van der Waals surface area contributed by atoms with Crippen LogP contribution in [0.1, 0.15) is 22.9 Å². The lowest BCUT2D eigenvalue weighted by Crippen LogP contribution is -2.18. The Hall–Kier alpha value is -1.48. The molecule has 92 valence electrons. The normalized spacial score (nSPS) is 18.2. The van der Waals surface area contributed by atoms with Crippen LogP contribution in [0, 0.1) is 6.92 Å². The molecule has 2 nitrogen and oxygen atoms in total. The van der Waals surface area contributed by atoms with E-state index in [1.165, 1.54) is 11.1 Å². The Morgan fingerprint density at radius 3 is 2.94 bits per heavy atom. The Kier molecular flexibility index (Phi) is 3.24. The van der Waals surface area contributed by atoms with Crippen LogP contribution in [0.25, 0.3) is 0 Å². The number of hydrogen-bond acceptors (Lipinski definition) is 3. The molecule has 3 rings (SSSR count). The number of rotatable bonds is 2. The van der Waals surface area contributed by atoms with Crippen molar-refractivity contribution in [2.24, 2.45) is 0 Å². The lowest BCUT2D eigenvalue weighted by atomic mass is 10.0. The van der Waals surface area contributed by atoms with Gasteiger partial charge in [-0.1, -0.05) is 24.3 Å². The molecule has 2 aromatic rings. The SMILES string of the molecule is Cc1ccc(NC2CSCc3ccccc32)cn1. The van der Waals surface area contributed by atoms with Gasteiger partial charge in [0.1, 0.15) is 0 Å². The van der Waals surface area contributed by atoms with E-state index in [-0.39, 0.29) is 0 Å². The summed E-state index contributed by atoms with van der Waals surface area (Å²) in [4.78, 5) is 4.33. The summed E-state index contributed by atoms with van der Waals surface area (Å²) in [6.07, 6.45) is 1.91. The van der Waals surface area contributed by atoms with Gasteiger partial charge in [-0.3, -0.25) is 4.98 Å². The first-order chi connectivity index (χ1) is 8.83. The molecular formula is C15H16N2S. The van der Waals surface area contributed by atoms with Crippen LogP contribution in [0.5, 0.6) is 0 Å². The molecule has 18 heavy (non-hydrogen) atoms. The van der Waals surface area contributed by atoms with Crippen molar-refractivity contribution in [2.75, 3.05) is 11.1 Å². The quantitative estimate of drug-likeness (QED) is 0.885. The van der Waals surface area contributed by atoms with E-state index in [0.29, 0.717) is 6.04 Å². The number of fused-ring (bicyclic) bond motifs is 1. The van der Waals surface area contributed by atoms with Crippen LogP contribution in [-0.2, 0) is 5.75 Å². The minimum absolute atomic E-state index is 0.393. The summed E-state index contributed by atoms with van der Waals surface area (Å²) in [5.41, 5.74) is 5.03. The molecule has 0 bridgehead atoms. The topological polar surface area (TPSA) is 24.9 Å². The van der Waals surface area contributed by atoms with Gasteiger partial charge in [0.2, 0.25) is 0 Å². The van der Waals surface area contributed by atoms with Crippen molar-refractivity contribution in [3.05, 3.63) is 59.4 Å². The predicted molar refractivity (Wildman–Crippen MR) is 77.9 cm³/mol. The maximum atomic E-state index is 4.33. The second kappa shape index (κ2) is 5.02. The van der Waals surface area contributed by atoms with Gasteiger partial charge in [-0.25, -0.2) is 0 Å². The first-order valence-corrected chi connectivity index (χ1v) is 7.33. The van der Waals surface area contributed by atoms with Crippen LogP contribution in [0.4, 0.5) is 5.69 Å². The third-order valence-electron chi connectivity index (χ3n) is 3.22. The Bertz CT molecular complexity index is 536. The molecule has 0 saturated carbocycles. The van der Waals surface area contributed by atoms with Gasteiger partial charge >= 0.3 is 0 Å². The van der Waals surface area contributed by atoms with E-state index in [4.69, 9.17) is 0 Å². The van der Waals surface area contributed by atoms with Crippen LogP contribution in [0.2, 0.25) is 0 Å². The van der Waals surface area contributed by atoms with Crippen LogP contribution in [-0.4, -0.2) is 10.7 Å². The van der Waals surface area contributed by atoms with Gasteiger partial charge in [-0.15, -0.1) is 0 Å². The zero-order chi connectivity index (χ0) is 12.4. The highest BCUT2D eigenvalue weighted by Crippen LogP contribution is 2.33. The van der Waals surface area contributed by atoms with E-state index in [1.54, 1.807) is 0 Å². The van der Waals surface area contributed by atoms with Crippen LogP contribution in [0.3, 0.4) is 0 Å².